The van der Waals surface area contributed by atoms with E-state index in [0.29, 0.717) is 5.50 Å². The van der Waals surface area contributed by atoms with Gasteiger partial charge < -0.3 is 0 Å². The summed E-state index contributed by atoms with van der Waals surface area (Å²) in [5, 5.41) is 5.73. The van der Waals surface area contributed by atoms with Crippen molar-refractivity contribution in [2.24, 2.45) is 0 Å². The first-order chi connectivity index (χ1) is 4.97. The molecule has 0 bridgehead atoms. The molecule has 2 N–H and O–H groups in total. The van der Waals surface area contributed by atoms with Crippen LogP contribution in [-0.2, 0) is 0 Å². The summed E-state index contributed by atoms with van der Waals surface area (Å²) >= 11 is 1.99. The topological polar surface area (TPSA) is 27.3 Å². The van der Waals surface area contributed by atoms with E-state index in [-0.39, 0.29) is 0 Å². The van der Waals surface area contributed by atoms with Crippen LogP contribution < -0.4 is 10.7 Å². The molecule has 2 rings (SSSR count). The lowest BCUT2D eigenvalue weighted by Crippen LogP contribution is -2.44. The molecular weight excluding hydrogens is 146 g/mol. The summed E-state index contributed by atoms with van der Waals surface area (Å²) in [6.45, 7) is 3.51. The zero-order valence-electron chi connectivity index (χ0n) is 5.97. The number of rotatable bonds is 1. The van der Waals surface area contributed by atoms with Crippen molar-refractivity contribution in [3.63, 3.8) is 0 Å². The molecule has 1 unspecified atom stereocenters. The van der Waals surface area contributed by atoms with Crippen molar-refractivity contribution in [3.8, 4) is 0 Å². The van der Waals surface area contributed by atoms with Crippen molar-refractivity contribution < 1.29 is 0 Å². The fourth-order valence-corrected chi connectivity index (χ4v) is 2.42. The number of hydrogen-bond acceptors (Lipinski definition) is 4. The van der Waals surface area contributed by atoms with Crippen molar-refractivity contribution >= 4 is 11.8 Å². The van der Waals surface area contributed by atoms with E-state index in [2.05, 4.69) is 15.8 Å². The summed E-state index contributed by atoms with van der Waals surface area (Å²) in [6, 6.07) is 0. The van der Waals surface area contributed by atoms with E-state index < -0.39 is 0 Å². The molecule has 4 heteroatoms. The molecule has 2 aliphatic heterocycles. The van der Waals surface area contributed by atoms with Crippen LogP contribution in [0.25, 0.3) is 0 Å². The largest absolute Gasteiger partial charge is 0.291 e. The van der Waals surface area contributed by atoms with Crippen LogP contribution in [0.15, 0.2) is 0 Å². The fraction of sp³-hybridized carbons (Fsp3) is 1.00. The monoisotopic (exact) mass is 159 g/mol. The summed E-state index contributed by atoms with van der Waals surface area (Å²) in [6.07, 6.45) is 1.29. The van der Waals surface area contributed by atoms with Gasteiger partial charge in [0.15, 0.2) is 0 Å². The van der Waals surface area contributed by atoms with Crippen LogP contribution in [0, 0.1) is 0 Å². The van der Waals surface area contributed by atoms with Crippen LogP contribution in [-0.4, -0.2) is 35.9 Å². The Labute approximate surface area is 65.5 Å². The number of hydrogen-bond donors (Lipinski definition) is 2. The van der Waals surface area contributed by atoms with Crippen molar-refractivity contribution in [3.05, 3.63) is 0 Å². The molecule has 0 radical (unpaired) electrons. The number of nitrogens with one attached hydrogen (secondary N) is 2. The Bertz CT molecular complexity index is 93.6. The molecule has 0 amide bonds. The van der Waals surface area contributed by atoms with Crippen molar-refractivity contribution in [1.29, 1.82) is 0 Å². The van der Waals surface area contributed by atoms with E-state index in [0.717, 1.165) is 13.1 Å². The maximum absolute atomic E-state index is 3.42. The molecule has 2 heterocycles. The van der Waals surface area contributed by atoms with Gasteiger partial charge in [0.1, 0.15) is 5.50 Å². The van der Waals surface area contributed by atoms with E-state index in [1.807, 2.05) is 11.8 Å². The van der Waals surface area contributed by atoms with Gasteiger partial charge in [-0.15, -0.1) is 11.8 Å². The van der Waals surface area contributed by atoms with Gasteiger partial charge in [0.25, 0.3) is 0 Å². The average molecular weight is 159 g/mol. The Hall–Kier alpha value is 0.230. The Morgan fingerprint density at radius 2 is 2.40 bits per heavy atom. The first-order valence-corrected chi connectivity index (χ1v) is 4.87. The zero-order valence-corrected chi connectivity index (χ0v) is 6.78. The maximum Gasteiger partial charge on any atom is 0.121 e. The molecular formula is C6H13N3S. The van der Waals surface area contributed by atoms with E-state index in [1.165, 1.54) is 18.7 Å². The Morgan fingerprint density at radius 3 is 3.00 bits per heavy atom. The molecule has 0 saturated carbocycles. The number of hydrazine groups is 1. The molecule has 1 atom stereocenters. The van der Waals surface area contributed by atoms with E-state index >= 15 is 0 Å². The first-order valence-electron chi connectivity index (χ1n) is 3.82. The summed E-state index contributed by atoms with van der Waals surface area (Å²) < 4.78 is 0. The number of nitrogens with zero attached hydrogens (tertiary/aromatic N) is 1. The SMILES string of the molecule is C1CNN(C2NCCS2)C1. The lowest BCUT2D eigenvalue weighted by molar-refractivity contribution is 0.216. The van der Waals surface area contributed by atoms with Crippen molar-refractivity contribution in [1.82, 2.24) is 15.8 Å². The van der Waals surface area contributed by atoms with Gasteiger partial charge in [-0.05, 0) is 6.42 Å². The minimum Gasteiger partial charge on any atom is -0.291 e. The minimum atomic E-state index is 0.544. The Balaban J connectivity index is 1.85. The number of thioether (sulfide) groups is 1. The van der Waals surface area contributed by atoms with Gasteiger partial charge >= 0.3 is 0 Å². The quantitative estimate of drug-likeness (QED) is 0.555. The molecule has 0 spiro atoms. The lowest BCUT2D eigenvalue weighted by atomic mass is 10.5. The standard InChI is InChI=1S/C6H13N3S/c1-2-8-9(4-1)6-7-3-5-10-6/h6-8H,1-5H2. The van der Waals surface area contributed by atoms with Gasteiger partial charge in [0.05, 0.1) is 0 Å². The van der Waals surface area contributed by atoms with E-state index in [1.54, 1.807) is 0 Å². The Kier molecular flexibility index (Phi) is 2.13. The smallest absolute Gasteiger partial charge is 0.121 e. The van der Waals surface area contributed by atoms with Gasteiger partial charge in [-0.2, -0.15) is 0 Å². The summed E-state index contributed by atoms with van der Waals surface area (Å²) in [5.74, 6) is 1.25. The Morgan fingerprint density at radius 1 is 1.40 bits per heavy atom. The molecule has 58 valence electrons. The summed E-state index contributed by atoms with van der Waals surface area (Å²) in [7, 11) is 0. The lowest BCUT2D eigenvalue weighted by Gasteiger charge is -2.21. The summed E-state index contributed by atoms with van der Waals surface area (Å²) in [5.41, 5.74) is 3.89. The summed E-state index contributed by atoms with van der Waals surface area (Å²) in [4.78, 5) is 0. The molecule has 0 aromatic heterocycles. The van der Waals surface area contributed by atoms with Crippen molar-refractivity contribution in [2.45, 2.75) is 11.9 Å². The highest BCUT2D eigenvalue weighted by Crippen LogP contribution is 2.17. The zero-order chi connectivity index (χ0) is 6.81. The van der Waals surface area contributed by atoms with Crippen molar-refractivity contribution in [2.75, 3.05) is 25.4 Å². The highest BCUT2D eigenvalue weighted by Gasteiger charge is 2.24. The van der Waals surface area contributed by atoms with Crippen LogP contribution in [0.2, 0.25) is 0 Å². The van der Waals surface area contributed by atoms with Gasteiger partial charge in [0, 0.05) is 25.4 Å². The van der Waals surface area contributed by atoms with Gasteiger partial charge in [-0.3, -0.25) is 10.7 Å². The minimum absolute atomic E-state index is 0.544. The third kappa shape index (κ3) is 1.29. The maximum atomic E-state index is 3.42. The normalized spacial score (nSPS) is 35.4. The van der Waals surface area contributed by atoms with Crippen LogP contribution in [0.3, 0.4) is 0 Å². The second kappa shape index (κ2) is 3.09. The highest BCUT2D eigenvalue weighted by molar-refractivity contribution is 8.00. The fourth-order valence-electron chi connectivity index (χ4n) is 1.36. The average Bonchev–Trinajstić information content (AvgIpc) is 2.59. The molecule has 0 aliphatic carbocycles. The highest BCUT2D eigenvalue weighted by atomic mass is 32.2. The predicted molar refractivity (Wildman–Crippen MR) is 43.6 cm³/mol. The van der Waals surface area contributed by atoms with Crippen LogP contribution in [0.4, 0.5) is 0 Å². The van der Waals surface area contributed by atoms with Gasteiger partial charge in [-0.1, -0.05) is 0 Å². The predicted octanol–water partition coefficient (Wildman–Crippen LogP) is -0.183. The van der Waals surface area contributed by atoms with Gasteiger partial charge in [0.2, 0.25) is 0 Å². The second-order valence-electron chi connectivity index (χ2n) is 2.63. The second-order valence-corrected chi connectivity index (χ2v) is 3.82. The molecule has 10 heavy (non-hydrogen) atoms. The molecule has 2 saturated heterocycles. The van der Waals surface area contributed by atoms with E-state index in [9.17, 15) is 0 Å². The molecule has 3 nitrogen and oxygen atoms in total. The molecule has 0 aromatic rings. The van der Waals surface area contributed by atoms with Gasteiger partial charge in [-0.25, -0.2) is 5.01 Å². The molecule has 0 aromatic carbocycles. The van der Waals surface area contributed by atoms with Crippen LogP contribution >= 0.6 is 11.8 Å². The van der Waals surface area contributed by atoms with E-state index in [4.69, 9.17) is 0 Å². The molecule has 2 fully saturated rings. The first kappa shape index (κ1) is 6.91. The molecule has 2 aliphatic rings. The third-order valence-corrected chi connectivity index (χ3v) is 3.05. The van der Waals surface area contributed by atoms with Crippen LogP contribution in [0.1, 0.15) is 6.42 Å². The third-order valence-electron chi connectivity index (χ3n) is 1.87. The van der Waals surface area contributed by atoms with Crippen LogP contribution in [0.5, 0.6) is 0 Å².